The van der Waals surface area contributed by atoms with E-state index in [1.165, 1.54) is 43.3 Å². The van der Waals surface area contributed by atoms with E-state index in [2.05, 4.69) is 0 Å². The van der Waals surface area contributed by atoms with Crippen LogP contribution in [-0.4, -0.2) is 24.3 Å². The Kier molecular flexibility index (Phi) is 5.19. The van der Waals surface area contributed by atoms with E-state index in [-0.39, 0.29) is 5.56 Å². The maximum absolute atomic E-state index is 12.8. The van der Waals surface area contributed by atoms with Crippen molar-refractivity contribution in [3.8, 4) is 5.75 Å². The largest absolute Gasteiger partial charge is 0.454 e. The maximum Gasteiger partial charge on any atom is 0.338 e. The summed E-state index contributed by atoms with van der Waals surface area (Å²) in [5.74, 6) is -1.73. The highest BCUT2D eigenvalue weighted by molar-refractivity contribution is 5.99. The van der Waals surface area contributed by atoms with E-state index >= 15 is 0 Å². The van der Waals surface area contributed by atoms with E-state index in [0.29, 0.717) is 11.3 Å². The first kappa shape index (κ1) is 16.4. The minimum absolute atomic E-state index is 0.157. The summed E-state index contributed by atoms with van der Waals surface area (Å²) in [5.41, 5.74) is 0.470. The van der Waals surface area contributed by atoms with Gasteiger partial charge in [-0.3, -0.25) is 9.59 Å². The van der Waals surface area contributed by atoms with Gasteiger partial charge in [-0.2, -0.15) is 0 Å². The Morgan fingerprint density at radius 2 is 1.48 bits per heavy atom. The van der Waals surface area contributed by atoms with Crippen LogP contribution < -0.4 is 4.74 Å². The zero-order chi connectivity index (χ0) is 16.8. The zero-order valence-corrected chi connectivity index (χ0v) is 12.2. The van der Waals surface area contributed by atoms with Gasteiger partial charge in [-0.05, 0) is 48.5 Å². The maximum atomic E-state index is 12.8. The number of benzene rings is 2. The summed E-state index contributed by atoms with van der Waals surface area (Å²) in [4.78, 5) is 34.4. The molecule has 0 aliphatic rings. The Hall–Kier alpha value is -3.02. The van der Waals surface area contributed by atoms with Crippen molar-refractivity contribution in [2.45, 2.75) is 6.92 Å². The smallest absolute Gasteiger partial charge is 0.338 e. The van der Waals surface area contributed by atoms with Crippen molar-refractivity contribution in [2.75, 3.05) is 6.61 Å². The van der Waals surface area contributed by atoms with Crippen LogP contribution in [0.3, 0.4) is 0 Å². The number of hydrogen-bond acceptors (Lipinski definition) is 5. The Labute approximate surface area is 131 Å². The monoisotopic (exact) mass is 316 g/mol. The molecule has 0 amide bonds. The van der Waals surface area contributed by atoms with Gasteiger partial charge < -0.3 is 9.47 Å². The number of hydrogen-bond donors (Lipinski definition) is 0. The Balaban J connectivity index is 1.92. The molecule has 23 heavy (non-hydrogen) atoms. The van der Waals surface area contributed by atoms with Crippen molar-refractivity contribution < 1.29 is 28.2 Å². The highest BCUT2D eigenvalue weighted by Gasteiger charge is 2.12. The second kappa shape index (κ2) is 7.31. The molecule has 118 valence electrons. The minimum Gasteiger partial charge on any atom is -0.454 e. The highest BCUT2D eigenvalue weighted by atomic mass is 19.1. The van der Waals surface area contributed by atoms with Crippen LogP contribution in [0.1, 0.15) is 27.6 Å². The Morgan fingerprint density at radius 3 is 2.04 bits per heavy atom. The lowest BCUT2D eigenvalue weighted by molar-refractivity contribution is -0.131. The molecule has 0 fully saturated rings. The van der Waals surface area contributed by atoms with Crippen LogP contribution in [0, 0.1) is 5.82 Å². The molecule has 0 saturated heterocycles. The third-order valence-corrected chi connectivity index (χ3v) is 2.85. The van der Waals surface area contributed by atoms with Crippen LogP contribution in [0.15, 0.2) is 48.5 Å². The molecule has 2 rings (SSSR count). The number of carbonyl (C=O) groups is 3. The minimum atomic E-state index is -0.713. The molecular formula is C17H13FO5. The fourth-order valence-corrected chi connectivity index (χ4v) is 1.76. The molecule has 0 aliphatic carbocycles. The fourth-order valence-electron chi connectivity index (χ4n) is 1.76. The van der Waals surface area contributed by atoms with Gasteiger partial charge in [0.05, 0.1) is 5.56 Å². The summed E-state index contributed by atoms with van der Waals surface area (Å²) in [5, 5.41) is 0. The van der Waals surface area contributed by atoms with E-state index in [9.17, 15) is 18.8 Å². The zero-order valence-electron chi connectivity index (χ0n) is 12.2. The van der Waals surface area contributed by atoms with Crippen LogP contribution in [-0.2, 0) is 9.53 Å². The van der Waals surface area contributed by atoms with E-state index in [1.807, 2.05) is 0 Å². The predicted octanol–water partition coefficient (Wildman–Crippen LogP) is 2.79. The summed E-state index contributed by atoms with van der Waals surface area (Å²) >= 11 is 0. The first-order chi connectivity index (χ1) is 11.0. The van der Waals surface area contributed by atoms with Gasteiger partial charge in [0.2, 0.25) is 0 Å². The van der Waals surface area contributed by atoms with E-state index in [1.54, 1.807) is 0 Å². The van der Waals surface area contributed by atoms with Crippen molar-refractivity contribution in [1.29, 1.82) is 0 Å². The summed E-state index contributed by atoms with van der Waals surface area (Å²) in [6.45, 7) is 0.830. The third kappa shape index (κ3) is 4.74. The SMILES string of the molecule is CC(=O)Oc1ccc(C(=O)COC(=O)c2ccc(F)cc2)cc1. The normalized spacial score (nSPS) is 10.0. The highest BCUT2D eigenvalue weighted by Crippen LogP contribution is 2.13. The lowest BCUT2D eigenvalue weighted by Crippen LogP contribution is -2.14. The van der Waals surface area contributed by atoms with E-state index in [0.717, 1.165) is 12.1 Å². The first-order valence-electron chi connectivity index (χ1n) is 6.70. The molecule has 0 spiro atoms. The van der Waals surface area contributed by atoms with Crippen molar-refractivity contribution in [3.63, 3.8) is 0 Å². The molecule has 0 atom stereocenters. The molecule has 2 aromatic rings. The van der Waals surface area contributed by atoms with Gasteiger partial charge in [-0.25, -0.2) is 9.18 Å². The third-order valence-electron chi connectivity index (χ3n) is 2.85. The topological polar surface area (TPSA) is 69.7 Å². The van der Waals surface area contributed by atoms with Crippen LogP contribution in [0.5, 0.6) is 5.75 Å². The molecule has 0 bridgehead atoms. The summed E-state index contributed by atoms with van der Waals surface area (Å²) in [7, 11) is 0. The number of carbonyl (C=O) groups excluding carboxylic acids is 3. The number of Topliss-reactive ketones (excluding diaryl/α,β-unsaturated/α-hetero) is 1. The molecule has 0 aliphatic heterocycles. The molecule has 0 heterocycles. The van der Waals surface area contributed by atoms with Crippen molar-refractivity contribution in [3.05, 3.63) is 65.5 Å². The molecule has 0 saturated carbocycles. The first-order valence-corrected chi connectivity index (χ1v) is 6.70. The summed E-state index contributed by atoms with van der Waals surface area (Å²) < 4.78 is 22.5. The Morgan fingerprint density at radius 1 is 0.913 bits per heavy atom. The van der Waals surface area contributed by atoms with Gasteiger partial charge in [0.25, 0.3) is 0 Å². The Bertz CT molecular complexity index is 720. The van der Waals surface area contributed by atoms with Gasteiger partial charge in [0.15, 0.2) is 12.4 Å². The second-order valence-corrected chi connectivity index (χ2v) is 4.62. The fraction of sp³-hybridized carbons (Fsp3) is 0.118. The molecule has 5 nitrogen and oxygen atoms in total. The van der Waals surface area contributed by atoms with Crippen LogP contribution >= 0.6 is 0 Å². The molecule has 6 heteroatoms. The number of ether oxygens (including phenoxy) is 2. The molecule has 2 aromatic carbocycles. The van der Waals surface area contributed by atoms with Crippen molar-refractivity contribution in [2.24, 2.45) is 0 Å². The average Bonchev–Trinajstić information content (AvgIpc) is 2.53. The second-order valence-electron chi connectivity index (χ2n) is 4.62. The van der Waals surface area contributed by atoms with Gasteiger partial charge in [-0.1, -0.05) is 0 Å². The summed E-state index contributed by atoms with van der Waals surface area (Å²) in [6, 6.07) is 10.7. The van der Waals surface area contributed by atoms with Crippen LogP contribution in [0.2, 0.25) is 0 Å². The molecule has 0 N–H and O–H groups in total. The lowest BCUT2D eigenvalue weighted by atomic mass is 10.1. The lowest BCUT2D eigenvalue weighted by Gasteiger charge is -2.05. The van der Waals surface area contributed by atoms with Gasteiger partial charge in [0.1, 0.15) is 11.6 Å². The number of ketones is 1. The van der Waals surface area contributed by atoms with Crippen LogP contribution in [0.25, 0.3) is 0 Å². The number of halogens is 1. The molecule has 0 aromatic heterocycles. The molecule has 0 unspecified atom stereocenters. The predicted molar refractivity (Wildman–Crippen MR) is 78.8 cm³/mol. The van der Waals surface area contributed by atoms with E-state index < -0.39 is 30.1 Å². The van der Waals surface area contributed by atoms with Crippen LogP contribution in [0.4, 0.5) is 4.39 Å². The average molecular weight is 316 g/mol. The molecular weight excluding hydrogens is 303 g/mol. The van der Waals surface area contributed by atoms with Gasteiger partial charge in [-0.15, -0.1) is 0 Å². The van der Waals surface area contributed by atoms with Gasteiger partial charge in [0, 0.05) is 12.5 Å². The van der Waals surface area contributed by atoms with E-state index in [4.69, 9.17) is 9.47 Å². The van der Waals surface area contributed by atoms with Crippen molar-refractivity contribution in [1.82, 2.24) is 0 Å². The number of rotatable bonds is 5. The molecule has 0 radical (unpaired) electrons. The summed E-state index contributed by atoms with van der Waals surface area (Å²) in [6.07, 6.45) is 0. The number of esters is 2. The quantitative estimate of drug-likeness (QED) is 0.482. The van der Waals surface area contributed by atoms with Crippen molar-refractivity contribution >= 4 is 17.7 Å². The van der Waals surface area contributed by atoms with Gasteiger partial charge >= 0.3 is 11.9 Å². The standard InChI is InChI=1S/C17H13FO5/c1-11(19)23-15-8-4-12(5-9-15)16(20)10-22-17(21)13-2-6-14(18)7-3-13/h2-9H,10H2,1H3.